The van der Waals surface area contributed by atoms with Gasteiger partial charge in [0.15, 0.2) is 0 Å². The zero-order valence-electron chi connectivity index (χ0n) is 16.8. The lowest BCUT2D eigenvalue weighted by atomic mass is 10.1. The fourth-order valence-corrected chi connectivity index (χ4v) is 4.03. The van der Waals surface area contributed by atoms with Gasteiger partial charge in [-0.1, -0.05) is 12.1 Å². The summed E-state index contributed by atoms with van der Waals surface area (Å²) >= 11 is 0. The summed E-state index contributed by atoms with van der Waals surface area (Å²) in [6.45, 7) is 5.52. The van der Waals surface area contributed by atoms with Crippen LogP contribution in [0.15, 0.2) is 30.3 Å². The second-order valence-electron chi connectivity index (χ2n) is 7.65. The van der Waals surface area contributed by atoms with Crippen molar-refractivity contribution in [2.24, 2.45) is 0 Å². The molecule has 1 amide bonds. The lowest BCUT2D eigenvalue weighted by Crippen LogP contribution is -2.49. The summed E-state index contributed by atoms with van der Waals surface area (Å²) in [6, 6.07) is 6.92. The van der Waals surface area contributed by atoms with E-state index in [0.717, 1.165) is 43.6 Å². The van der Waals surface area contributed by atoms with Crippen LogP contribution < -0.4 is 9.80 Å². The molecule has 4 rings (SSSR count). The highest BCUT2D eigenvalue weighted by molar-refractivity contribution is 5.96. The Bertz CT molecular complexity index is 919. The number of carbonyl (C=O) groups excluding carboxylic acids is 1. The van der Waals surface area contributed by atoms with E-state index in [-0.39, 0.29) is 5.56 Å². The molecule has 2 aliphatic rings. The number of rotatable bonds is 3. The molecule has 2 aliphatic heterocycles. The van der Waals surface area contributed by atoms with Gasteiger partial charge in [-0.05, 0) is 31.9 Å². The third-order valence-electron chi connectivity index (χ3n) is 5.59. The van der Waals surface area contributed by atoms with Crippen LogP contribution in [-0.4, -0.2) is 60.0 Å². The maximum atomic E-state index is 13.3. The van der Waals surface area contributed by atoms with Crippen molar-refractivity contribution in [3.63, 3.8) is 0 Å². The second kappa shape index (κ2) is 8.12. The number of hydrogen-bond acceptors (Lipinski definition) is 5. The fourth-order valence-electron chi connectivity index (χ4n) is 4.03. The third-order valence-corrected chi connectivity index (χ3v) is 5.59. The smallest absolute Gasteiger partial charge is 0.356 e. The molecule has 2 saturated heterocycles. The molecule has 0 aliphatic carbocycles. The number of hydrogen-bond donors (Lipinski definition) is 0. The molecule has 1 aromatic heterocycles. The summed E-state index contributed by atoms with van der Waals surface area (Å²) in [4.78, 5) is 27.6. The Kier molecular flexibility index (Phi) is 5.53. The van der Waals surface area contributed by atoms with Gasteiger partial charge in [0.25, 0.3) is 5.91 Å². The van der Waals surface area contributed by atoms with Gasteiger partial charge in [0.2, 0.25) is 0 Å². The van der Waals surface area contributed by atoms with Gasteiger partial charge in [0.05, 0.1) is 11.1 Å². The van der Waals surface area contributed by atoms with Crippen LogP contribution in [0.1, 0.15) is 34.6 Å². The molecule has 0 atom stereocenters. The summed E-state index contributed by atoms with van der Waals surface area (Å²) in [7, 11) is 0. The lowest BCUT2D eigenvalue weighted by molar-refractivity contribution is -0.138. The van der Waals surface area contributed by atoms with Crippen LogP contribution in [0.5, 0.6) is 0 Å². The number of piperazine rings is 1. The first-order valence-electron chi connectivity index (χ1n) is 10.1. The van der Waals surface area contributed by atoms with Crippen molar-refractivity contribution < 1.29 is 18.0 Å². The third kappa shape index (κ3) is 4.20. The Hall–Kier alpha value is -2.84. The normalized spacial score (nSPS) is 17.5. The van der Waals surface area contributed by atoms with E-state index in [2.05, 4.69) is 19.8 Å². The topological polar surface area (TPSA) is 52.6 Å². The first kappa shape index (κ1) is 20.4. The quantitative estimate of drug-likeness (QED) is 0.764. The molecular weight excluding hydrogens is 395 g/mol. The van der Waals surface area contributed by atoms with Gasteiger partial charge < -0.3 is 14.7 Å². The first-order valence-corrected chi connectivity index (χ1v) is 10.1. The molecule has 3 heterocycles. The van der Waals surface area contributed by atoms with E-state index in [1.54, 1.807) is 0 Å². The van der Waals surface area contributed by atoms with Crippen LogP contribution in [0.2, 0.25) is 0 Å². The number of anilines is 2. The number of alkyl halides is 3. The highest BCUT2D eigenvalue weighted by atomic mass is 19.4. The number of nitrogens with zero attached hydrogens (tertiary/aromatic N) is 5. The van der Waals surface area contributed by atoms with Crippen LogP contribution in [0, 0.1) is 6.92 Å². The number of halogens is 3. The highest BCUT2D eigenvalue weighted by Crippen LogP contribution is 2.32. The second-order valence-corrected chi connectivity index (χ2v) is 7.65. The molecule has 0 radical (unpaired) electrons. The number of aryl methyl sites for hydroxylation is 1. The maximum Gasteiger partial charge on any atom is 0.417 e. The Balaban J connectivity index is 1.47. The monoisotopic (exact) mass is 419 g/mol. The van der Waals surface area contributed by atoms with Gasteiger partial charge in [-0.25, -0.2) is 9.97 Å². The number of benzene rings is 1. The minimum Gasteiger partial charge on any atom is -0.356 e. The van der Waals surface area contributed by atoms with Crippen LogP contribution in [0.25, 0.3) is 0 Å². The van der Waals surface area contributed by atoms with Crippen molar-refractivity contribution in [2.45, 2.75) is 25.9 Å². The average molecular weight is 419 g/mol. The molecule has 2 aromatic rings. The Labute approximate surface area is 173 Å². The van der Waals surface area contributed by atoms with E-state index in [1.165, 1.54) is 23.1 Å². The van der Waals surface area contributed by atoms with Gasteiger partial charge in [0, 0.05) is 45.3 Å². The summed E-state index contributed by atoms with van der Waals surface area (Å²) in [6.07, 6.45) is -2.25. The maximum absolute atomic E-state index is 13.3. The van der Waals surface area contributed by atoms with E-state index in [1.807, 2.05) is 13.0 Å². The van der Waals surface area contributed by atoms with Crippen molar-refractivity contribution in [2.75, 3.05) is 49.1 Å². The van der Waals surface area contributed by atoms with Crippen molar-refractivity contribution in [1.82, 2.24) is 14.9 Å². The lowest BCUT2D eigenvalue weighted by Gasteiger charge is -2.36. The summed E-state index contributed by atoms with van der Waals surface area (Å²) < 4.78 is 39.8. The van der Waals surface area contributed by atoms with Crippen molar-refractivity contribution >= 4 is 17.5 Å². The molecule has 9 heteroatoms. The zero-order chi connectivity index (χ0) is 21.3. The average Bonchev–Trinajstić information content (AvgIpc) is 3.27. The van der Waals surface area contributed by atoms with E-state index >= 15 is 0 Å². The molecule has 160 valence electrons. The van der Waals surface area contributed by atoms with Gasteiger partial charge >= 0.3 is 6.18 Å². The van der Waals surface area contributed by atoms with Gasteiger partial charge in [-0.3, -0.25) is 4.79 Å². The predicted molar refractivity (Wildman–Crippen MR) is 108 cm³/mol. The molecule has 0 saturated carbocycles. The van der Waals surface area contributed by atoms with Crippen LogP contribution in [0.4, 0.5) is 24.8 Å². The van der Waals surface area contributed by atoms with E-state index in [9.17, 15) is 18.0 Å². The number of amides is 1. The van der Waals surface area contributed by atoms with Crippen molar-refractivity contribution in [1.29, 1.82) is 0 Å². The Morgan fingerprint density at radius 1 is 0.900 bits per heavy atom. The largest absolute Gasteiger partial charge is 0.417 e. The van der Waals surface area contributed by atoms with E-state index < -0.39 is 17.6 Å². The molecule has 6 nitrogen and oxygen atoms in total. The van der Waals surface area contributed by atoms with Crippen molar-refractivity contribution in [3.8, 4) is 0 Å². The molecule has 0 bridgehead atoms. The summed E-state index contributed by atoms with van der Waals surface area (Å²) in [5.74, 6) is 1.81. The zero-order valence-corrected chi connectivity index (χ0v) is 16.8. The first-order chi connectivity index (χ1) is 14.3. The minimum atomic E-state index is -4.56. The molecular formula is C21H24F3N5O. The molecule has 1 aromatic carbocycles. The molecule has 0 spiro atoms. The standard InChI is InChI=1S/C21H24F3N5O/c1-15-25-18(27-8-4-5-9-27)14-19(26-15)28-10-12-29(13-11-28)20(30)16-6-2-3-7-17(16)21(22,23)24/h2-3,6-7,14H,4-5,8-13H2,1H3. The Morgan fingerprint density at radius 3 is 2.07 bits per heavy atom. The number of carbonyl (C=O) groups is 1. The van der Waals surface area contributed by atoms with Crippen LogP contribution >= 0.6 is 0 Å². The number of aromatic nitrogens is 2. The predicted octanol–water partition coefficient (Wildman–Crippen LogP) is 3.37. The highest BCUT2D eigenvalue weighted by Gasteiger charge is 2.36. The van der Waals surface area contributed by atoms with Crippen molar-refractivity contribution in [3.05, 3.63) is 47.3 Å². The van der Waals surface area contributed by atoms with E-state index in [0.29, 0.717) is 32.0 Å². The molecule has 30 heavy (non-hydrogen) atoms. The molecule has 2 fully saturated rings. The van der Waals surface area contributed by atoms with Gasteiger partial charge in [-0.15, -0.1) is 0 Å². The fraction of sp³-hybridized carbons (Fsp3) is 0.476. The minimum absolute atomic E-state index is 0.298. The summed E-state index contributed by atoms with van der Waals surface area (Å²) in [5, 5.41) is 0. The van der Waals surface area contributed by atoms with Gasteiger partial charge in [-0.2, -0.15) is 13.2 Å². The van der Waals surface area contributed by atoms with E-state index in [4.69, 9.17) is 0 Å². The van der Waals surface area contributed by atoms with Gasteiger partial charge in [0.1, 0.15) is 17.5 Å². The summed E-state index contributed by atoms with van der Waals surface area (Å²) in [5.41, 5.74) is -1.19. The SMILES string of the molecule is Cc1nc(N2CCCC2)cc(N2CCN(C(=O)c3ccccc3C(F)(F)F)CC2)n1. The molecule has 0 N–H and O–H groups in total. The van der Waals surface area contributed by atoms with Crippen LogP contribution in [-0.2, 0) is 6.18 Å². The Morgan fingerprint density at radius 2 is 1.47 bits per heavy atom. The van der Waals surface area contributed by atoms with Crippen LogP contribution in [0.3, 0.4) is 0 Å². The molecule has 0 unspecified atom stereocenters.